The summed E-state index contributed by atoms with van der Waals surface area (Å²) in [5.41, 5.74) is 0.766. The van der Waals surface area contributed by atoms with Crippen molar-refractivity contribution in [2.24, 2.45) is 0 Å². The zero-order valence-corrected chi connectivity index (χ0v) is 6.50. The van der Waals surface area contributed by atoms with Crippen LogP contribution in [0.3, 0.4) is 0 Å². The first kappa shape index (κ1) is 7.79. The minimum atomic E-state index is 0.766. The first-order valence-corrected chi connectivity index (χ1v) is 3.63. The minimum Gasteiger partial charge on any atom is -0.464 e. The molecule has 0 saturated carbocycles. The van der Waals surface area contributed by atoms with Crippen LogP contribution in [0.15, 0.2) is 16.7 Å². The van der Waals surface area contributed by atoms with Crippen molar-refractivity contribution in [2.75, 3.05) is 0 Å². The Morgan fingerprint density at radius 1 is 1.64 bits per heavy atom. The summed E-state index contributed by atoms with van der Waals surface area (Å²) in [6.45, 7) is 2.07. The molecule has 1 aromatic rings. The van der Waals surface area contributed by atoms with Crippen LogP contribution < -0.4 is 10.6 Å². The van der Waals surface area contributed by atoms with E-state index in [0.29, 0.717) is 0 Å². The van der Waals surface area contributed by atoms with Crippen LogP contribution in [0.4, 0.5) is 0 Å². The second kappa shape index (κ2) is 3.76. The lowest BCUT2D eigenvalue weighted by atomic mass is 10.3. The van der Waals surface area contributed by atoms with E-state index in [4.69, 9.17) is 9.83 Å². The van der Waals surface area contributed by atoms with Gasteiger partial charge in [0.25, 0.3) is 0 Å². The Hall–Kier alpha value is -1.31. The average molecular weight is 149 g/mol. The topological polar surface area (TPSA) is 37.0 Å². The maximum absolute atomic E-state index is 6.85. The third kappa shape index (κ3) is 1.80. The van der Waals surface area contributed by atoms with E-state index in [1.807, 2.05) is 6.07 Å². The summed E-state index contributed by atoms with van der Waals surface area (Å²) in [6.07, 6.45) is 7.56. The normalized spacial score (nSPS) is 13.9. The van der Waals surface area contributed by atoms with E-state index in [-0.39, 0.29) is 0 Å². The van der Waals surface area contributed by atoms with Crippen LogP contribution in [0.1, 0.15) is 13.3 Å². The first-order valence-electron chi connectivity index (χ1n) is 3.63. The van der Waals surface area contributed by atoms with Gasteiger partial charge in [0, 0.05) is 11.4 Å². The molecule has 1 N–H and O–H groups in total. The average Bonchev–Trinajstić information content (AvgIpc) is 2.39. The third-order valence-electron chi connectivity index (χ3n) is 1.39. The summed E-state index contributed by atoms with van der Waals surface area (Å²) in [5.74, 6) is 0. The van der Waals surface area contributed by atoms with Gasteiger partial charge in [0.2, 0.25) is 0 Å². The molecule has 0 aliphatic rings. The fourth-order valence-electron chi connectivity index (χ4n) is 0.931. The molecule has 1 heterocycles. The Bertz CT molecular complexity index is 335. The molecule has 0 unspecified atom stereocenters. The molecular formula is C9H11NO. The molecule has 2 heteroatoms. The second-order valence-electron chi connectivity index (χ2n) is 2.19. The summed E-state index contributed by atoms with van der Waals surface area (Å²) >= 11 is 0. The Kier molecular flexibility index (Phi) is 2.66. The molecule has 0 aliphatic heterocycles. The second-order valence-corrected chi connectivity index (χ2v) is 2.19. The van der Waals surface area contributed by atoms with Crippen LogP contribution in [0, 0.1) is 5.41 Å². The van der Waals surface area contributed by atoms with Crippen LogP contribution in [-0.2, 0) is 0 Å². The third-order valence-corrected chi connectivity index (χ3v) is 1.39. The van der Waals surface area contributed by atoms with Gasteiger partial charge in [0.15, 0.2) is 0 Å². The summed E-state index contributed by atoms with van der Waals surface area (Å²) in [7, 11) is 0. The summed E-state index contributed by atoms with van der Waals surface area (Å²) in [4.78, 5) is 0. The number of rotatable bonds is 2. The SMILES string of the molecule is CC/C=c1/cco/c1=C/C=N. The van der Waals surface area contributed by atoms with Gasteiger partial charge in [-0.25, -0.2) is 0 Å². The van der Waals surface area contributed by atoms with Gasteiger partial charge >= 0.3 is 0 Å². The quantitative estimate of drug-likeness (QED) is 0.623. The molecule has 11 heavy (non-hydrogen) atoms. The zero-order valence-electron chi connectivity index (χ0n) is 6.50. The molecule has 0 radical (unpaired) electrons. The van der Waals surface area contributed by atoms with E-state index >= 15 is 0 Å². The van der Waals surface area contributed by atoms with Gasteiger partial charge in [-0.2, -0.15) is 0 Å². The molecule has 1 aromatic heterocycles. The van der Waals surface area contributed by atoms with Crippen molar-refractivity contribution in [3.05, 3.63) is 23.0 Å². The van der Waals surface area contributed by atoms with Crippen LogP contribution in [0.2, 0.25) is 0 Å². The van der Waals surface area contributed by atoms with E-state index < -0.39 is 0 Å². The predicted molar refractivity (Wildman–Crippen MR) is 46.0 cm³/mol. The van der Waals surface area contributed by atoms with Gasteiger partial charge in [0.1, 0.15) is 5.42 Å². The highest BCUT2D eigenvalue weighted by atomic mass is 16.3. The Balaban J connectivity index is 3.27. The highest BCUT2D eigenvalue weighted by Gasteiger charge is 1.84. The monoisotopic (exact) mass is 149 g/mol. The Morgan fingerprint density at radius 3 is 3.09 bits per heavy atom. The smallest absolute Gasteiger partial charge is 0.135 e. The predicted octanol–water partition coefficient (Wildman–Crippen LogP) is 0.900. The number of furan rings is 1. The van der Waals surface area contributed by atoms with Gasteiger partial charge in [-0.15, -0.1) is 0 Å². The van der Waals surface area contributed by atoms with Gasteiger partial charge < -0.3 is 9.83 Å². The maximum Gasteiger partial charge on any atom is 0.135 e. The molecule has 0 aromatic carbocycles. The van der Waals surface area contributed by atoms with Crippen molar-refractivity contribution in [1.82, 2.24) is 0 Å². The molecule has 0 fully saturated rings. The maximum atomic E-state index is 6.85. The lowest BCUT2D eigenvalue weighted by molar-refractivity contribution is 0.531. The van der Waals surface area contributed by atoms with Crippen molar-refractivity contribution in [2.45, 2.75) is 13.3 Å². The van der Waals surface area contributed by atoms with Crippen LogP contribution in [0.5, 0.6) is 0 Å². The van der Waals surface area contributed by atoms with E-state index in [2.05, 4.69) is 13.0 Å². The van der Waals surface area contributed by atoms with Crippen LogP contribution in [-0.4, -0.2) is 6.21 Å². The molecule has 0 aliphatic carbocycles. The largest absolute Gasteiger partial charge is 0.464 e. The molecular weight excluding hydrogens is 138 g/mol. The molecule has 0 spiro atoms. The van der Waals surface area contributed by atoms with E-state index in [1.54, 1.807) is 12.3 Å². The fraction of sp³-hybridized carbons (Fsp3) is 0.222. The van der Waals surface area contributed by atoms with Gasteiger partial charge in [0.05, 0.1) is 6.26 Å². The van der Waals surface area contributed by atoms with E-state index in [0.717, 1.165) is 17.1 Å². The van der Waals surface area contributed by atoms with Crippen LogP contribution >= 0.6 is 0 Å². The minimum absolute atomic E-state index is 0.766. The summed E-state index contributed by atoms with van der Waals surface area (Å²) in [6, 6.07) is 1.90. The molecule has 58 valence electrons. The highest BCUT2D eigenvalue weighted by molar-refractivity contribution is 5.87. The van der Waals surface area contributed by atoms with Crippen LogP contribution in [0.25, 0.3) is 12.2 Å². The standard InChI is InChI=1S/C9H11NO/c1-2-3-8-5-7-11-9(8)4-6-10/h3-7,10H,2H2,1H3/b8-3-,9-4+,10-6?. The lowest BCUT2D eigenvalue weighted by Gasteiger charge is -1.75. The fourth-order valence-corrected chi connectivity index (χ4v) is 0.931. The van der Waals surface area contributed by atoms with Crippen molar-refractivity contribution >= 4 is 18.4 Å². The molecule has 2 nitrogen and oxygen atoms in total. The van der Waals surface area contributed by atoms with Crippen molar-refractivity contribution in [1.29, 1.82) is 5.41 Å². The number of hydrogen-bond acceptors (Lipinski definition) is 2. The summed E-state index contributed by atoms with van der Waals surface area (Å²) < 4.78 is 5.12. The number of hydrogen-bond donors (Lipinski definition) is 1. The van der Waals surface area contributed by atoms with Crippen molar-refractivity contribution in [3.63, 3.8) is 0 Å². The van der Waals surface area contributed by atoms with Gasteiger partial charge in [-0.1, -0.05) is 13.0 Å². The summed E-state index contributed by atoms with van der Waals surface area (Å²) in [5, 5.41) is 7.92. The zero-order chi connectivity index (χ0) is 8.10. The van der Waals surface area contributed by atoms with E-state index in [1.165, 1.54) is 6.21 Å². The Labute approximate surface area is 65.4 Å². The van der Waals surface area contributed by atoms with Crippen molar-refractivity contribution in [3.8, 4) is 0 Å². The van der Waals surface area contributed by atoms with Crippen molar-refractivity contribution < 1.29 is 4.42 Å². The molecule has 0 amide bonds. The lowest BCUT2D eigenvalue weighted by Crippen LogP contribution is -2.18. The van der Waals surface area contributed by atoms with E-state index in [9.17, 15) is 0 Å². The highest BCUT2D eigenvalue weighted by Crippen LogP contribution is 1.75. The molecule has 0 bridgehead atoms. The Morgan fingerprint density at radius 2 is 2.45 bits per heavy atom. The molecule has 0 atom stereocenters. The number of nitrogens with one attached hydrogen (secondary N) is 1. The van der Waals surface area contributed by atoms with Gasteiger partial charge in [-0.05, 0) is 18.6 Å². The van der Waals surface area contributed by atoms with Gasteiger partial charge in [-0.3, -0.25) is 0 Å². The first-order chi connectivity index (χ1) is 5.38. The molecule has 1 rings (SSSR count). The molecule has 0 saturated heterocycles.